The zero-order valence-electron chi connectivity index (χ0n) is 13.4. The van der Waals surface area contributed by atoms with Crippen LogP contribution < -0.4 is 10.4 Å². The number of aliphatic hydroxyl groups is 1. The van der Waals surface area contributed by atoms with Crippen LogP contribution in [0.15, 0.2) is 74.4 Å². The smallest absolute Gasteiger partial charge is 0.176 e. The molecule has 1 N–H and O–H groups in total. The van der Waals surface area contributed by atoms with Crippen LogP contribution in [-0.2, 0) is 0 Å². The predicted octanol–water partition coefficient (Wildman–Crippen LogP) is 3.69. The van der Waals surface area contributed by atoms with E-state index in [0.717, 1.165) is 0 Å². The van der Waals surface area contributed by atoms with Gasteiger partial charge in [0, 0.05) is 24.9 Å². The van der Waals surface area contributed by atoms with Gasteiger partial charge < -0.3 is 5.11 Å². The summed E-state index contributed by atoms with van der Waals surface area (Å²) >= 11 is 0. The normalized spacial score (nSPS) is 19.3. The summed E-state index contributed by atoms with van der Waals surface area (Å²) < 4.78 is 7.67. The molecule has 0 fully saturated rings. The summed E-state index contributed by atoms with van der Waals surface area (Å²) in [5.74, 6) is -0.631. The number of nitroso groups, excluding NO2 is 3. The highest BCUT2D eigenvalue weighted by Gasteiger charge is 2.43. The lowest BCUT2D eigenvalue weighted by Crippen LogP contribution is -2.38. The quantitative estimate of drug-likeness (QED) is 0.840. The molecule has 0 heterocycles. The molecule has 7 nitrogen and oxygen atoms in total. The molecule has 0 aliphatic heterocycles. The highest BCUT2D eigenvalue weighted by molar-refractivity contribution is 8.31. The first-order valence-electron chi connectivity index (χ1n) is 7.45. The van der Waals surface area contributed by atoms with Crippen molar-refractivity contribution in [2.75, 3.05) is 0 Å². The van der Waals surface area contributed by atoms with E-state index in [1.807, 2.05) is 36.4 Å². The maximum absolute atomic E-state index is 10.8. The van der Waals surface area contributed by atoms with Crippen LogP contribution in [0.3, 0.4) is 0 Å². The lowest BCUT2D eigenvalue weighted by atomic mass is 9.96. The summed E-state index contributed by atoms with van der Waals surface area (Å²) in [7, 11) is -3.46. The van der Waals surface area contributed by atoms with E-state index in [9.17, 15) is 19.8 Å². The van der Waals surface area contributed by atoms with Crippen LogP contribution in [0.2, 0.25) is 0 Å². The minimum atomic E-state index is -3.46. The van der Waals surface area contributed by atoms with Gasteiger partial charge in [-0.25, -0.2) is 0 Å². The summed E-state index contributed by atoms with van der Waals surface area (Å²) in [6, 6.07) is 18.9. The van der Waals surface area contributed by atoms with Gasteiger partial charge in [0.25, 0.3) is 0 Å². The zero-order chi connectivity index (χ0) is 18.3. The molecule has 0 bridgehead atoms. The summed E-state index contributed by atoms with van der Waals surface area (Å²) in [5.41, 5.74) is 0. The van der Waals surface area contributed by atoms with E-state index in [2.05, 4.69) is 13.7 Å². The van der Waals surface area contributed by atoms with Crippen molar-refractivity contribution in [1.29, 1.82) is 0 Å². The van der Waals surface area contributed by atoms with Gasteiger partial charge in [0.2, 0.25) is 0 Å². The molecule has 2 aromatic rings. The van der Waals surface area contributed by atoms with Gasteiger partial charge in [-0.15, -0.1) is 14.7 Å². The number of fused-ring (bicyclic) bond motifs is 1. The third-order valence-corrected chi connectivity index (χ3v) is 5.80. The Morgan fingerprint density at radius 1 is 0.840 bits per heavy atom. The van der Waals surface area contributed by atoms with Crippen LogP contribution in [0.4, 0.5) is 0 Å². The Morgan fingerprint density at radius 3 is 1.80 bits per heavy atom. The van der Waals surface area contributed by atoms with Gasteiger partial charge in [0.1, 0.15) is 5.76 Å². The molecule has 0 aromatic heterocycles. The molecule has 0 spiro atoms. The number of aliphatic hydroxyl groups excluding tert-OH is 1. The molecular weight excluding hydrogens is 342 g/mol. The fourth-order valence-electron chi connectivity index (χ4n) is 2.54. The molecule has 2 atom stereocenters. The van der Waals surface area contributed by atoms with Crippen molar-refractivity contribution in [2.45, 2.75) is 12.2 Å². The van der Waals surface area contributed by atoms with Gasteiger partial charge in [0.15, 0.2) is 10.6 Å². The molecule has 0 saturated heterocycles. The molecule has 1 aliphatic rings. The Labute approximate surface area is 145 Å². The average Bonchev–Trinajstić information content (AvgIpc) is 2.69. The number of benzene rings is 2. The van der Waals surface area contributed by atoms with Gasteiger partial charge in [0.05, 0.1) is 5.25 Å². The third-order valence-electron chi connectivity index (χ3n) is 3.87. The molecule has 25 heavy (non-hydrogen) atoms. The molecule has 0 saturated carbocycles. The second-order valence-electron chi connectivity index (χ2n) is 5.33. The first-order chi connectivity index (χ1) is 12.1. The van der Waals surface area contributed by atoms with E-state index in [1.54, 1.807) is 37.3 Å². The van der Waals surface area contributed by atoms with Crippen molar-refractivity contribution < 1.29 is 5.11 Å². The van der Waals surface area contributed by atoms with Gasteiger partial charge in [-0.05, 0) is 5.22 Å². The summed E-state index contributed by atoms with van der Waals surface area (Å²) in [6.45, 7) is 1.59. The highest BCUT2D eigenvalue weighted by Crippen LogP contribution is 2.60. The third kappa shape index (κ3) is 3.80. The van der Waals surface area contributed by atoms with Crippen molar-refractivity contribution in [2.24, 2.45) is 19.7 Å². The second-order valence-corrected chi connectivity index (χ2v) is 7.45. The number of hydrogen-bond acceptors (Lipinski definition) is 7. The van der Waals surface area contributed by atoms with Crippen LogP contribution in [0.5, 0.6) is 0 Å². The van der Waals surface area contributed by atoms with Crippen molar-refractivity contribution in [1.82, 2.24) is 0 Å². The zero-order valence-corrected chi connectivity index (χ0v) is 14.2. The summed E-state index contributed by atoms with van der Waals surface area (Å²) in [5, 5.41) is 10.4. The number of rotatable bonds is 4. The number of nitrogens with zero attached hydrogens (tertiary/aromatic N) is 3. The molecular formula is C17H17N3O4S. The standard InChI is InChI=1S/C11H11N3O4S.C6H6/c1-7-10(19(12-16,13-17)14-18)6-8-4-2-3-5-9(8)11(7)15;1-2-4-6-5-3-1/h2-7,10,15H,1H3;1-6H. The molecule has 0 radical (unpaired) electrons. The largest absolute Gasteiger partial charge is 0.511 e. The highest BCUT2D eigenvalue weighted by atomic mass is 32.3. The summed E-state index contributed by atoms with van der Waals surface area (Å²) in [6.07, 6.45) is 1.55. The molecule has 0 amide bonds. The maximum Gasteiger partial charge on any atom is 0.176 e. The van der Waals surface area contributed by atoms with Crippen molar-refractivity contribution in [3.63, 3.8) is 0 Å². The summed E-state index contributed by atoms with van der Waals surface area (Å²) in [4.78, 5) is 32.5. The first kappa shape index (κ1) is 18.5. The molecule has 2 unspecified atom stereocenters. The van der Waals surface area contributed by atoms with Crippen molar-refractivity contribution >= 4 is 22.4 Å². The maximum atomic E-state index is 10.8. The van der Waals surface area contributed by atoms with E-state index >= 15 is 0 Å². The van der Waals surface area contributed by atoms with E-state index in [-0.39, 0.29) is 5.76 Å². The van der Waals surface area contributed by atoms with Crippen molar-refractivity contribution in [3.8, 4) is 0 Å². The van der Waals surface area contributed by atoms with Crippen LogP contribution >= 0.6 is 10.6 Å². The first-order valence-corrected chi connectivity index (χ1v) is 9.02. The van der Waals surface area contributed by atoms with E-state index in [0.29, 0.717) is 10.4 Å². The van der Waals surface area contributed by atoms with E-state index in [4.69, 9.17) is 0 Å². The van der Waals surface area contributed by atoms with Gasteiger partial charge in [-0.3, -0.25) is 0 Å². The topological polar surface area (TPSA) is 109 Å². The second kappa shape index (κ2) is 8.29. The molecule has 130 valence electrons. The SMILES string of the molecule is CC1C(O)=c2ccccc2=CC1S(N=O)(N=O)N=O.c1ccccc1. The Kier molecular flexibility index (Phi) is 6.13. The Bertz CT molecular complexity index is 824. The van der Waals surface area contributed by atoms with Crippen molar-refractivity contribution in [3.05, 3.63) is 85.8 Å². The monoisotopic (exact) mass is 359 g/mol. The van der Waals surface area contributed by atoms with Gasteiger partial charge in [-0.2, -0.15) is 0 Å². The minimum absolute atomic E-state index is 0.00377. The van der Waals surface area contributed by atoms with Crippen LogP contribution in [0.1, 0.15) is 6.92 Å². The Morgan fingerprint density at radius 2 is 1.32 bits per heavy atom. The van der Waals surface area contributed by atoms with Gasteiger partial charge in [-0.1, -0.05) is 73.7 Å². The predicted molar refractivity (Wildman–Crippen MR) is 101 cm³/mol. The molecule has 3 rings (SSSR count). The van der Waals surface area contributed by atoms with Gasteiger partial charge >= 0.3 is 0 Å². The average molecular weight is 359 g/mol. The van der Waals surface area contributed by atoms with E-state index in [1.165, 1.54) is 0 Å². The Hall–Kier alpha value is -2.87. The van der Waals surface area contributed by atoms with E-state index < -0.39 is 21.8 Å². The molecule has 2 aromatic carbocycles. The van der Waals surface area contributed by atoms with Crippen LogP contribution in [0.25, 0.3) is 11.8 Å². The molecule has 1 aliphatic carbocycles. The fraction of sp³-hybridized carbons (Fsp3) is 0.176. The van der Waals surface area contributed by atoms with Crippen LogP contribution in [-0.4, -0.2) is 10.4 Å². The van der Waals surface area contributed by atoms with Crippen LogP contribution in [0, 0.1) is 20.6 Å². The fourth-order valence-corrected chi connectivity index (χ4v) is 3.92. The Balaban J connectivity index is 0.000000316. The molecule has 8 heteroatoms. The lowest BCUT2D eigenvalue weighted by molar-refractivity contribution is 0.437. The minimum Gasteiger partial charge on any atom is -0.511 e. The lowest BCUT2D eigenvalue weighted by Gasteiger charge is -2.29. The number of hydrogen-bond donors (Lipinski definition) is 1.